The summed E-state index contributed by atoms with van der Waals surface area (Å²) in [7, 11) is 0. The number of rotatable bonds is 1. The van der Waals surface area contributed by atoms with E-state index in [9.17, 15) is 0 Å². The van der Waals surface area contributed by atoms with Crippen molar-refractivity contribution in [1.82, 2.24) is 0 Å². The van der Waals surface area contributed by atoms with Crippen molar-refractivity contribution in [2.75, 3.05) is 0 Å². The van der Waals surface area contributed by atoms with Crippen LogP contribution in [-0.4, -0.2) is 0 Å². The third kappa shape index (κ3) is 2.36. The molecule has 2 rings (SSSR count). The van der Waals surface area contributed by atoms with Gasteiger partial charge in [0, 0.05) is 9.92 Å². The second kappa shape index (κ2) is 4.30. The number of halogens is 1. The van der Waals surface area contributed by atoms with Crippen molar-refractivity contribution in [3.05, 3.63) is 53.1 Å². The molecule has 0 heterocycles. The molecule has 0 radical (unpaired) electrons. The van der Waals surface area contributed by atoms with Crippen molar-refractivity contribution in [1.29, 1.82) is 0 Å². The Morgan fingerprint density at radius 3 is 2.47 bits per heavy atom. The van der Waals surface area contributed by atoms with Gasteiger partial charge in [-0.3, -0.25) is 0 Å². The molecule has 0 aliphatic heterocycles. The summed E-state index contributed by atoms with van der Waals surface area (Å²) in [6.45, 7) is 2.04. The lowest BCUT2D eigenvalue weighted by molar-refractivity contribution is 1.42. The van der Waals surface area contributed by atoms with E-state index in [1.165, 1.54) is 0 Å². The molecule has 2 aromatic carbocycles. The minimum Gasteiger partial charge on any atom is -0.143 e. The minimum absolute atomic E-state index is 0.765. The predicted molar refractivity (Wildman–Crippen MR) is 68.9 cm³/mol. The van der Waals surface area contributed by atoms with Gasteiger partial charge in [0.1, 0.15) is 0 Å². The monoisotopic (exact) mass is 234 g/mol. The molecule has 0 aliphatic carbocycles. The molecule has 0 nitrogen and oxygen atoms in total. The van der Waals surface area contributed by atoms with Crippen molar-refractivity contribution < 1.29 is 0 Å². The average molecular weight is 235 g/mol. The first kappa shape index (κ1) is 10.6. The van der Waals surface area contributed by atoms with Crippen molar-refractivity contribution in [3.8, 4) is 11.1 Å². The minimum atomic E-state index is 0.765. The van der Waals surface area contributed by atoms with E-state index in [2.05, 4.69) is 18.7 Å². The van der Waals surface area contributed by atoms with Gasteiger partial charge in [-0.15, -0.1) is 12.6 Å². The molecule has 2 heteroatoms. The fourth-order valence-electron chi connectivity index (χ4n) is 1.61. The van der Waals surface area contributed by atoms with E-state index in [1.54, 1.807) is 0 Å². The van der Waals surface area contributed by atoms with E-state index in [1.807, 2.05) is 43.3 Å². The maximum absolute atomic E-state index is 6.03. The van der Waals surface area contributed by atoms with E-state index in [0.717, 1.165) is 26.6 Å². The smallest absolute Gasteiger partial charge is 0.0414 e. The van der Waals surface area contributed by atoms with Gasteiger partial charge in [0.25, 0.3) is 0 Å². The number of hydrogen-bond acceptors (Lipinski definition) is 1. The molecule has 2 aromatic rings. The third-order valence-corrected chi connectivity index (χ3v) is 2.87. The summed E-state index contributed by atoms with van der Waals surface area (Å²) in [6, 6.07) is 14.0. The number of benzene rings is 2. The van der Waals surface area contributed by atoms with Crippen LogP contribution in [0.1, 0.15) is 5.56 Å². The molecule has 0 amide bonds. The van der Waals surface area contributed by atoms with Crippen molar-refractivity contribution in [2.45, 2.75) is 11.8 Å². The Kier molecular flexibility index (Phi) is 3.03. The molecule has 0 bridgehead atoms. The summed E-state index contributed by atoms with van der Waals surface area (Å²) in [5.41, 5.74) is 3.39. The number of hydrogen-bond donors (Lipinski definition) is 1. The Balaban J connectivity index is 2.59. The van der Waals surface area contributed by atoms with Crippen LogP contribution in [-0.2, 0) is 0 Å². The first-order valence-electron chi connectivity index (χ1n) is 4.72. The van der Waals surface area contributed by atoms with Gasteiger partial charge in [0.05, 0.1) is 0 Å². The van der Waals surface area contributed by atoms with E-state index in [0.29, 0.717) is 0 Å². The first-order valence-corrected chi connectivity index (χ1v) is 5.55. The zero-order chi connectivity index (χ0) is 10.8. The lowest BCUT2D eigenvalue weighted by atomic mass is 10.0. The van der Waals surface area contributed by atoms with Crippen LogP contribution in [0, 0.1) is 6.92 Å². The van der Waals surface area contributed by atoms with Crippen LogP contribution < -0.4 is 0 Å². The summed E-state index contributed by atoms with van der Waals surface area (Å²) in [4.78, 5) is 0.971. The summed E-state index contributed by atoms with van der Waals surface area (Å²) in [6.07, 6.45) is 0. The highest BCUT2D eigenvalue weighted by Crippen LogP contribution is 2.29. The average Bonchev–Trinajstić information content (AvgIpc) is 2.16. The fraction of sp³-hybridized carbons (Fsp3) is 0.0769. The van der Waals surface area contributed by atoms with Crippen molar-refractivity contribution in [3.63, 3.8) is 0 Å². The van der Waals surface area contributed by atoms with E-state index >= 15 is 0 Å². The topological polar surface area (TPSA) is 0 Å². The van der Waals surface area contributed by atoms with Crippen LogP contribution >= 0.6 is 24.2 Å². The highest BCUT2D eigenvalue weighted by molar-refractivity contribution is 7.80. The van der Waals surface area contributed by atoms with Crippen LogP contribution in [0.2, 0.25) is 5.02 Å². The third-order valence-electron chi connectivity index (χ3n) is 2.26. The first-order chi connectivity index (χ1) is 7.16. The summed E-state index contributed by atoms with van der Waals surface area (Å²) >= 11 is 10.5. The predicted octanol–water partition coefficient (Wildman–Crippen LogP) is 4.60. The molecule has 0 unspecified atom stereocenters. The Labute approximate surface area is 100 Å². The second-order valence-corrected chi connectivity index (χ2v) is 4.45. The Bertz CT molecular complexity index is 471. The molecule has 15 heavy (non-hydrogen) atoms. The zero-order valence-corrected chi connectivity index (χ0v) is 10.0. The van der Waals surface area contributed by atoms with Crippen molar-refractivity contribution >= 4 is 24.2 Å². The normalized spacial score (nSPS) is 10.3. The molecule has 0 atom stereocenters. The highest BCUT2D eigenvalue weighted by atomic mass is 35.5. The van der Waals surface area contributed by atoms with Gasteiger partial charge in [-0.05, 0) is 41.8 Å². The second-order valence-electron chi connectivity index (χ2n) is 3.53. The van der Waals surface area contributed by atoms with E-state index in [4.69, 9.17) is 11.6 Å². The molecule has 0 spiro atoms. The summed E-state index contributed by atoms with van der Waals surface area (Å²) in [5.74, 6) is 0. The standard InChI is InChI=1S/C13H11ClS/c1-9-6-10(8-11(14)7-9)12-4-2-3-5-13(12)15/h2-8,15H,1H3. The van der Waals surface area contributed by atoms with Crippen LogP contribution in [0.25, 0.3) is 11.1 Å². The van der Waals surface area contributed by atoms with Gasteiger partial charge < -0.3 is 0 Å². The lowest BCUT2D eigenvalue weighted by Gasteiger charge is -2.06. The molecule has 0 saturated heterocycles. The summed E-state index contributed by atoms with van der Waals surface area (Å²) in [5, 5.41) is 0.765. The maximum Gasteiger partial charge on any atom is 0.0414 e. The van der Waals surface area contributed by atoms with Crippen LogP contribution in [0.5, 0.6) is 0 Å². The molecule has 76 valence electrons. The Morgan fingerprint density at radius 2 is 1.80 bits per heavy atom. The largest absolute Gasteiger partial charge is 0.143 e. The molecule has 0 fully saturated rings. The maximum atomic E-state index is 6.03. The van der Waals surface area contributed by atoms with Crippen LogP contribution in [0.3, 0.4) is 0 Å². The molecular formula is C13H11ClS. The van der Waals surface area contributed by atoms with Gasteiger partial charge in [-0.25, -0.2) is 0 Å². The van der Waals surface area contributed by atoms with Gasteiger partial charge in [-0.2, -0.15) is 0 Å². The van der Waals surface area contributed by atoms with Gasteiger partial charge in [0.2, 0.25) is 0 Å². The molecule has 0 N–H and O–H groups in total. The SMILES string of the molecule is Cc1cc(Cl)cc(-c2ccccc2S)c1. The Hall–Kier alpha value is -0.920. The summed E-state index contributed by atoms with van der Waals surface area (Å²) < 4.78 is 0. The molecule has 0 aliphatic rings. The fourth-order valence-corrected chi connectivity index (χ4v) is 2.19. The molecule has 0 aromatic heterocycles. The molecular weight excluding hydrogens is 224 g/mol. The highest BCUT2D eigenvalue weighted by Gasteiger charge is 2.03. The lowest BCUT2D eigenvalue weighted by Crippen LogP contribution is -1.82. The number of aryl methyl sites for hydroxylation is 1. The van der Waals surface area contributed by atoms with Gasteiger partial charge in [0.15, 0.2) is 0 Å². The van der Waals surface area contributed by atoms with Crippen LogP contribution in [0.4, 0.5) is 0 Å². The Morgan fingerprint density at radius 1 is 1.07 bits per heavy atom. The van der Waals surface area contributed by atoms with Gasteiger partial charge in [-0.1, -0.05) is 35.9 Å². The zero-order valence-electron chi connectivity index (χ0n) is 8.37. The van der Waals surface area contributed by atoms with Gasteiger partial charge >= 0.3 is 0 Å². The van der Waals surface area contributed by atoms with Crippen LogP contribution in [0.15, 0.2) is 47.4 Å². The van der Waals surface area contributed by atoms with Crippen molar-refractivity contribution in [2.24, 2.45) is 0 Å². The van der Waals surface area contributed by atoms with E-state index in [-0.39, 0.29) is 0 Å². The quantitative estimate of drug-likeness (QED) is 0.685. The van der Waals surface area contributed by atoms with E-state index < -0.39 is 0 Å². The molecule has 0 saturated carbocycles. The number of thiol groups is 1.